The number of allylic oxidation sites excluding steroid dienone is 1. The number of primary amides is 2. The summed E-state index contributed by atoms with van der Waals surface area (Å²) in [4.78, 5) is 170. The number of hydrogen-bond donors (Lipinski definition) is 21. The number of rotatable bonds is 27. The van der Waals surface area contributed by atoms with Gasteiger partial charge in [-0.25, -0.2) is 10.1 Å². The van der Waals surface area contributed by atoms with E-state index in [2.05, 4.69) is 63.5 Å². The van der Waals surface area contributed by atoms with Gasteiger partial charge in [-0.15, -0.1) is 0 Å². The number of hydrogen-bond acceptors (Lipinski definition) is 23. The fraction of sp³-hybridized carbons (Fsp3) is 0.542. The summed E-state index contributed by atoms with van der Waals surface area (Å²) in [6, 6.07) is -12.2. The summed E-state index contributed by atoms with van der Waals surface area (Å²) in [5, 5.41) is 98.5. The number of aliphatic hydroxyl groups excluding tert-OH is 5. The van der Waals surface area contributed by atoms with Crippen molar-refractivity contribution < 1.29 is 103 Å². The maximum absolute atomic E-state index is 14.2. The molecule has 11 atom stereocenters. The number of amides is 13. The minimum absolute atomic E-state index is 0.0270. The Labute approximate surface area is 482 Å². The van der Waals surface area contributed by atoms with Crippen LogP contribution in [0.4, 0.5) is 0 Å². The number of aliphatic hydroxyl groups is 5. The molecule has 0 bridgehead atoms. The van der Waals surface area contributed by atoms with Crippen LogP contribution in [0.15, 0.2) is 51.8 Å². The summed E-state index contributed by atoms with van der Waals surface area (Å²) in [5.74, 6) is -13.8. The van der Waals surface area contributed by atoms with E-state index in [-0.39, 0.29) is 61.3 Å². The molecule has 5 unspecified atom stereocenters. The van der Waals surface area contributed by atoms with E-state index in [1.807, 2.05) is 0 Å². The van der Waals surface area contributed by atoms with E-state index in [0.717, 1.165) is 6.92 Å². The number of carbonyl (C=O) groups is 13. The first-order valence-electron chi connectivity index (χ1n) is 26.4. The quantitative estimate of drug-likeness (QED) is 0.0268. The number of carbonyl (C=O) groups excluding carboxylic acids is 13. The van der Waals surface area contributed by atoms with Gasteiger partial charge in [-0.2, -0.15) is 0 Å². The second kappa shape index (κ2) is 30.3. The Morgan fingerprint density at radius 2 is 1.44 bits per heavy atom. The number of amidine groups is 1. The van der Waals surface area contributed by atoms with E-state index < -0.39 is 194 Å². The molecule has 37 nitrogen and oxygen atoms in total. The molecule has 2 fully saturated rings. The van der Waals surface area contributed by atoms with Crippen molar-refractivity contribution in [3.63, 3.8) is 0 Å². The lowest BCUT2D eigenvalue weighted by atomic mass is 9.90. The molecule has 0 saturated carbocycles. The molecule has 4 aliphatic heterocycles. The van der Waals surface area contributed by atoms with Gasteiger partial charge >= 0.3 is 0 Å². The van der Waals surface area contributed by atoms with Crippen LogP contribution in [0.5, 0.6) is 0 Å². The highest BCUT2D eigenvalue weighted by Gasteiger charge is 2.47. The van der Waals surface area contributed by atoms with Crippen LogP contribution in [0.25, 0.3) is 0 Å². The Kier molecular flexibility index (Phi) is 23.7. The van der Waals surface area contributed by atoms with Crippen molar-refractivity contribution in [3.05, 3.63) is 46.8 Å². The lowest BCUT2D eigenvalue weighted by molar-refractivity contribution is -0.900. The molecule has 1 aliphatic carbocycles. The van der Waals surface area contributed by atoms with Crippen LogP contribution in [0.1, 0.15) is 52.4 Å². The Morgan fingerprint density at radius 1 is 0.788 bits per heavy atom. The number of piperidine rings is 1. The van der Waals surface area contributed by atoms with E-state index >= 15 is 0 Å². The molecule has 0 radical (unpaired) electrons. The minimum Gasteiger partial charge on any atom is -0.504 e. The van der Waals surface area contributed by atoms with Gasteiger partial charge in [0.1, 0.15) is 66.0 Å². The van der Waals surface area contributed by atoms with Gasteiger partial charge in [0.05, 0.1) is 45.7 Å². The molecule has 0 aromatic heterocycles. The second-order valence-electron chi connectivity index (χ2n) is 20.0. The van der Waals surface area contributed by atoms with Gasteiger partial charge in [-0.05, 0) is 45.3 Å². The molecule has 0 aromatic rings. The van der Waals surface area contributed by atoms with Crippen molar-refractivity contribution in [3.8, 4) is 0 Å². The van der Waals surface area contributed by atoms with E-state index in [1.165, 1.54) is 25.2 Å². The molecule has 0 spiro atoms. The lowest BCUT2D eigenvalue weighted by Crippen LogP contribution is -3.21. The number of aliphatic imine (C=N–C) groups is 1. The molecule has 37 heteroatoms. The molecular formula is C48H70N17O20+. The first kappa shape index (κ1) is 66.5. The predicted molar refractivity (Wildman–Crippen MR) is 283 cm³/mol. The Balaban J connectivity index is 1.10. The monoisotopic (exact) mass is 1200 g/mol. The van der Waals surface area contributed by atoms with Crippen LogP contribution in [-0.2, 0) is 62.3 Å². The van der Waals surface area contributed by atoms with Crippen molar-refractivity contribution in [2.75, 3.05) is 52.5 Å². The highest BCUT2D eigenvalue weighted by molar-refractivity contribution is 5.99. The molecular weight excluding hydrogens is 1130 g/mol. The number of nitrogens with zero attached hydrogens (tertiary/aromatic N) is 3. The van der Waals surface area contributed by atoms with Crippen LogP contribution < -0.4 is 74.9 Å². The molecule has 466 valence electrons. The third-order valence-electron chi connectivity index (χ3n) is 13.6. The first-order valence-corrected chi connectivity index (χ1v) is 26.4. The Bertz CT molecular complexity index is 2820. The fourth-order valence-electron chi connectivity index (χ4n) is 9.16. The summed E-state index contributed by atoms with van der Waals surface area (Å²) < 4.78 is 0. The molecule has 0 aromatic carbocycles. The summed E-state index contributed by atoms with van der Waals surface area (Å²) in [6.45, 7) is -1.56. The van der Waals surface area contributed by atoms with Gasteiger partial charge in [0.2, 0.25) is 64.9 Å². The highest BCUT2D eigenvalue weighted by Crippen LogP contribution is 2.24. The summed E-state index contributed by atoms with van der Waals surface area (Å²) >= 11 is 0. The molecule has 5 rings (SSSR count). The maximum atomic E-state index is 14.2. The number of hydroxylamine groups is 4. The topological polar surface area (TPSA) is 571 Å². The van der Waals surface area contributed by atoms with Crippen LogP contribution in [-0.4, -0.2) is 242 Å². The van der Waals surface area contributed by atoms with Gasteiger partial charge in [0.15, 0.2) is 17.6 Å². The van der Waals surface area contributed by atoms with Gasteiger partial charge in [0.25, 0.3) is 17.7 Å². The van der Waals surface area contributed by atoms with Gasteiger partial charge in [-0.3, -0.25) is 82.6 Å². The average molecular weight is 1210 g/mol. The van der Waals surface area contributed by atoms with Crippen molar-refractivity contribution in [2.24, 2.45) is 16.5 Å². The largest absolute Gasteiger partial charge is 0.504 e. The smallest absolute Gasteiger partial charge is 0.279 e. The molecule has 2 saturated heterocycles. The van der Waals surface area contributed by atoms with Gasteiger partial charge < -0.3 is 95.5 Å². The number of fused-ring (bicyclic) bond motifs is 3. The van der Waals surface area contributed by atoms with E-state index in [9.17, 15) is 98.3 Å². The molecule has 13 amide bonds. The molecule has 23 N–H and O–H groups in total. The zero-order valence-corrected chi connectivity index (χ0v) is 45.8. The lowest BCUT2D eigenvalue weighted by Gasteiger charge is -2.42. The second-order valence-corrected chi connectivity index (χ2v) is 20.0. The zero-order valence-electron chi connectivity index (χ0n) is 45.8. The predicted octanol–water partition coefficient (Wildman–Crippen LogP) is -12.0. The zero-order chi connectivity index (χ0) is 63.0. The molecule has 5 aliphatic rings. The van der Waals surface area contributed by atoms with Crippen molar-refractivity contribution in [2.45, 2.75) is 113 Å². The Morgan fingerprint density at radius 3 is 2.08 bits per heavy atom. The van der Waals surface area contributed by atoms with Gasteiger partial charge in [0, 0.05) is 37.7 Å². The first-order chi connectivity index (χ1) is 40.1. The summed E-state index contributed by atoms with van der Waals surface area (Å²) in [7, 11) is 0. The molecule has 4 heterocycles. The summed E-state index contributed by atoms with van der Waals surface area (Å²) in [6.07, 6.45) is 1.26. The molecule has 85 heavy (non-hydrogen) atoms. The van der Waals surface area contributed by atoms with E-state index in [4.69, 9.17) is 11.5 Å². The third kappa shape index (κ3) is 18.1. The fourth-order valence-corrected chi connectivity index (χ4v) is 9.16. The number of nitrogens with one attached hydrogen (secondary N) is 12. The third-order valence-corrected chi connectivity index (χ3v) is 13.6. The van der Waals surface area contributed by atoms with E-state index in [0.29, 0.717) is 22.0 Å². The van der Waals surface area contributed by atoms with Crippen molar-refractivity contribution >= 4 is 82.6 Å². The maximum Gasteiger partial charge on any atom is 0.279 e. The normalized spacial score (nSPS) is 21.9. The van der Waals surface area contributed by atoms with Crippen LogP contribution in [0.3, 0.4) is 0 Å². The number of nitrogens with two attached hydrogens (primary N) is 2. The van der Waals surface area contributed by atoms with E-state index in [1.54, 1.807) is 0 Å². The summed E-state index contributed by atoms with van der Waals surface area (Å²) in [5.41, 5.74) is 10.8. The van der Waals surface area contributed by atoms with Crippen LogP contribution in [0, 0.1) is 0 Å². The van der Waals surface area contributed by atoms with Crippen LogP contribution in [0.2, 0.25) is 0 Å². The Hall–Kier alpha value is -9.30. The highest BCUT2D eigenvalue weighted by atomic mass is 16.5. The van der Waals surface area contributed by atoms with Crippen molar-refractivity contribution in [1.29, 1.82) is 0 Å². The minimum atomic E-state index is -2.17. The van der Waals surface area contributed by atoms with Gasteiger partial charge in [-0.1, -0.05) is 0 Å². The average Bonchev–Trinajstić information content (AvgIpc) is 1.06. The van der Waals surface area contributed by atoms with Crippen LogP contribution >= 0.6 is 0 Å². The van der Waals surface area contributed by atoms with Crippen molar-refractivity contribution in [1.82, 2.24) is 68.6 Å². The number of quaternary nitrogens is 1. The SMILES string of the molecule is C[C@H](NC(=O)[C@@H](CC(N)=O)N(O)C(=O)[C@H](CO)NC(=O)CNC(=O)C1CCN=C(C(CO)NC(=O)[C@@H]2CCNC3=C(NC(=O)CC(O)C(N)=O)C=C4C=C(O)C(O)=CC4[NH+]32)N1)C(=O)NCC(=O)N[C@H](C)C(=O)NCC(=O)N[C@H]1CCCN(O)C1=O. The standard InChI is InChI=1S/C48H69N17O20/c1-20(42(77)54-16-37(74)58-24-4-3-9-63(84)47(24)82)56-36(73)15-53-43(78)21(2)57-46(81)30(13-34(49)71)65(85)48(83)27(19-67)60-38(75)17-55-44(79)23-5-7-51-40(61-23)26(18-66)62-45(80)28-6-8-52-41-25(59-35(72)14-33(70)39(50)76)10-22-11-31(68)32(69)12-29(22)64(28)41/h10-12,20-21,23-24,26-30,33,52,66-70,84-85H,3-9,13-19H2,1-2H3,(H2,49,71)(H2,50,76)(H,51,61)(H,53,78)(H,54,77)(H,55,79)(H,56,73)(H,57,81)(H,58,74)(H,59,72)(H,60,75)(H,62,80)/p+1/t20-,21+,23?,24+,26?,27+,28+,29?,30-,33?/m1/s1.